The van der Waals surface area contributed by atoms with E-state index in [2.05, 4.69) is 6.92 Å². The van der Waals surface area contributed by atoms with E-state index in [0.29, 0.717) is 5.92 Å². The Morgan fingerprint density at radius 3 is 2.31 bits per heavy atom. The summed E-state index contributed by atoms with van der Waals surface area (Å²) in [5.74, 6) is 0.594. The molecular weight excluding hydrogens is 405 g/mol. The maximum atomic E-state index is 13.3. The van der Waals surface area contributed by atoms with Crippen molar-refractivity contribution < 1.29 is 4.79 Å². The fourth-order valence-electron chi connectivity index (χ4n) is 3.91. The number of piperidine rings is 1. The lowest BCUT2D eigenvalue weighted by Crippen LogP contribution is -2.42. The lowest BCUT2D eigenvalue weighted by Gasteiger charge is -2.34. The largest absolute Gasteiger partial charge is 0.339 e. The van der Waals surface area contributed by atoms with E-state index in [1.165, 1.54) is 0 Å². The highest BCUT2D eigenvalue weighted by atomic mass is 35.5. The molecule has 2 N–H and O–H groups in total. The lowest BCUT2D eigenvalue weighted by molar-refractivity contribution is 0.0683. The molecular formula is C23H27Cl2N3O. The molecule has 1 fully saturated rings. The molecule has 4 nitrogen and oxygen atoms in total. The van der Waals surface area contributed by atoms with Crippen molar-refractivity contribution in [2.75, 3.05) is 13.1 Å². The zero-order chi connectivity index (χ0) is 18.8. The Morgan fingerprint density at radius 1 is 1.03 bits per heavy atom. The van der Waals surface area contributed by atoms with Crippen LogP contribution in [0.25, 0.3) is 22.2 Å². The molecule has 0 radical (unpaired) electrons. The predicted octanol–water partition coefficient (Wildman–Crippen LogP) is 4.94. The van der Waals surface area contributed by atoms with Gasteiger partial charge in [-0.2, -0.15) is 0 Å². The van der Waals surface area contributed by atoms with Gasteiger partial charge in [-0.05, 0) is 37.8 Å². The fraction of sp³-hybridized carbons (Fsp3) is 0.304. The van der Waals surface area contributed by atoms with Crippen molar-refractivity contribution in [2.45, 2.75) is 25.8 Å². The second-order valence-corrected chi connectivity index (χ2v) is 7.43. The van der Waals surface area contributed by atoms with E-state index in [1.807, 2.05) is 65.6 Å². The number of nitrogens with zero attached hydrogens (tertiary/aromatic N) is 2. The zero-order valence-electron chi connectivity index (χ0n) is 16.5. The van der Waals surface area contributed by atoms with Crippen LogP contribution >= 0.6 is 24.8 Å². The summed E-state index contributed by atoms with van der Waals surface area (Å²) in [5.41, 5.74) is 9.49. The third-order valence-corrected chi connectivity index (χ3v) is 5.59. The molecule has 1 aliphatic rings. The molecule has 1 unspecified atom stereocenters. The first-order valence-electron chi connectivity index (χ1n) is 9.63. The van der Waals surface area contributed by atoms with Crippen LogP contribution in [-0.4, -0.2) is 34.9 Å². The SMILES string of the molecule is CC(N)C1CCN(C(=O)c2cc(-c3ccccc3)nc3ccccc23)CC1.Cl.Cl. The number of fused-ring (bicyclic) bond motifs is 1. The molecule has 6 heteroatoms. The zero-order valence-corrected chi connectivity index (χ0v) is 18.1. The van der Waals surface area contributed by atoms with Crippen LogP contribution in [-0.2, 0) is 0 Å². The molecule has 154 valence electrons. The third kappa shape index (κ3) is 4.89. The Morgan fingerprint density at radius 2 is 1.66 bits per heavy atom. The van der Waals surface area contributed by atoms with E-state index in [1.54, 1.807) is 0 Å². The first kappa shape index (κ1) is 23.1. The average molecular weight is 432 g/mol. The molecule has 29 heavy (non-hydrogen) atoms. The summed E-state index contributed by atoms with van der Waals surface area (Å²) in [5, 5.41) is 0.913. The topological polar surface area (TPSA) is 59.2 Å². The Balaban J connectivity index is 0.00000150. The number of pyridine rings is 1. The van der Waals surface area contributed by atoms with E-state index in [-0.39, 0.29) is 36.8 Å². The van der Waals surface area contributed by atoms with Gasteiger partial charge in [0.15, 0.2) is 0 Å². The summed E-state index contributed by atoms with van der Waals surface area (Å²) in [4.78, 5) is 20.1. The van der Waals surface area contributed by atoms with Crippen molar-refractivity contribution in [1.29, 1.82) is 0 Å². The molecule has 1 saturated heterocycles. The predicted molar refractivity (Wildman–Crippen MR) is 124 cm³/mol. The van der Waals surface area contributed by atoms with Gasteiger partial charge in [0.1, 0.15) is 0 Å². The van der Waals surface area contributed by atoms with Crippen molar-refractivity contribution in [1.82, 2.24) is 9.88 Å². The Hall–Kier alpha value is -2.14. The molecule has 1 aliphatic heterocycles. The van der Waals surface area contributed by atoms with Crippen LogP contribution in [0.2, 0.25) is 0 Å². The molecule has 0 spiro atoms. The molecule has 2 aromatic carbocycles. The van der Waals surface area contributed by atoms with Gasteiger partial charge in [0.05, 0.1) is 16.8 Å². The monoisotopic (exact) mass is 431 g/mol. The number of halogens is 2. The van der Waals surface area contributed by atoms with Gasteiger partial charge in [0.25, 0.3) is 5.91 Å². The quantitative estimate of drug-likeness (QED) is 0.638. The molecule has 0 saturated carbocycles. The van der Waals surface area contributed by atoms with Gasteiger partial charge in [-0.1, -0.05) is 48.5 Å². The third-order valence-electron chi connectivity index (χ3n) is 5.59. The minimum Gasteiger partial charge on any atom is -0.339 e. The van der Waals surface area contributed by atoms with Crippen LogP contribution in [0.5, 0.6) is 0 Å². The number of hydrogen-bond donors (Lipinski definition) is 1. The average Bonchev–Trinajstić information content (AvgIpc) is 2.73. The molecule has 4 rings (SSSR count). The van der Waals surface area contributed by atoms with E-state index < -0.39 is 0 Å². The summed E-state index contributed by atoms with van der Waals surface area (Å²) >= 11 is 0. The Labute approximate surface area is 184 Å². The van der Waals surface area contributed by atoms with E-state index in [9.17, 15) is 4.79 Å². The second-order valence-electron chi connectivity index (χ2n) is 7.43. The molecule has 2 heterocycles. The number of nitrogens with two attached hydrogens (primary N) is 1. The minimum atomic E-state index is 0. The van der Waals surface area contributed by atoms with Crippen LogP contribution < -0.4 is 5.73 Å². The summed E-state index contributed by atoms with van der Waals surface area (Å²) in [7, 11) is 0. The molecule has 1 aromatic heterocycles. The maximum absolute atomic E-state index is 13.3. The highest BCUT2D eigenvalue weighted by Crippen LogP contribution is 2.27. The van der Waals surface area contributed by atoms with Crippen LogP contribution in [0.1, 0.15) is 30.1 Å². The normalized spacial score (nSPS) is 15.3. The smallest absolute Gasteiger partial charge is 0.254 e. The maximum Gasteiger partial charge on any atom is 0.254 e. The first-order valence-corrected chi connectivity index (χ1v) is 9.63. The summed E-state index contributed by atoms with van der Waals surface area (Å²) < 4.78 is 0. The van der Waals surface area contributed by atoms with E-state index in [4.69, 9.17) is 10.7 Å². The number of carbonyl (C=O) groups is 1. The van der Waals surface area contributed by atoms with Crippen molar-refractivity contribution >= 4 is 41.6 Å². The molecule has 3 aromatic rings. The number of hydrogen-bond acceptors (Lipinski definition) is 3. The number of benzene rings is 2. The highest BCUT2D eigenvalue weighted by molar-refractivity contribution is 6.07. The Bertz CT molecular complexity index is 955. The summed E-state index contributed by atoms with van der Waals surface area (Å²) in [6, 6.07) is 20.0. The highest BCUT2D eigenvalue weighted by Gasteiger charge is 2.26. The van der Waals surface area contributed by atoms with Crippen molar-refractivity contribution in [3.05, 3.63) is 66.2 Å². The van der Waals surface area contributed by atoms with Gasteiger partial charge in [0.2, 0.25) is 0 Å². The summed E-state index contributed by atoms with van der Waals surface area (Å²) in [6.07, 6.45) is 1.94. The van der Waals surface area contributed by atoms with Crippen molar-refractivity contribution in [2.24, 2.45) is 11.7 Å². The molecule has 1 amide bonds. The van der Waals surface area contributed by atoms with Gasteiger partial charge < -0.3 is 10.6 Å². The van der Waals surface area contributed by atoms with Crippen LogP contribution in [0.15, 0.2) is 60.7 Å². The van der Waals surface area contributed by atoms with Crippen LogP contribution in [0.3, 0.4) is 0 Å². The van der Waals surface area contributed by atoms with Gasteiger partial charge in [-0.15, -0.1) is 24.8 Å². The molecule has 0 bridgehead atoms. The molecule has 0 aliphatic carbocycles. The van der Waals surface area contributed by atoms with E-state index in [0.717, 1.165) is 53.7 Å². The number of para-hydroxylation sites is 1. The molecule has 1 atom stereocenters. The van der Waals surface area contributed by atoms with Crippen LogP contribution in [0, 0.1) is 5.92 Å². The van der Waals surface area contributed by atoms with Gasteiger partial charge in [-0.25, -0.2) is 4.98 Å². The fourth-order valence-corrected chi connectivity index (χ4v) is 3.91. The number of carbonyl (C=O) groups excluding carboxylic acids is 1. The standard InChI is InChI=1S/C23H25N3O.2ClH/c1-16(24)17-11-13-26(14-12-17)23(27)20-15-22(18-7-3-2-4-8-18)25-21-10-6-5-9-19(20)21;;/h2-10,15-17H,11-14,24H2,1H3;2*1H. The number of aromatic nitrogens is 1. The summed E-state index contributed by atoms with van der Waals surface area (Å²) in [6.45, 7) is 3.59. The number of rotatable bonds is 3. The lowest BCUT2D eigenvalue weighted by atomic mass is 9.90. The number of likely N-dealkylation sites (tertiary alicyclic amines) is 1. The van der Waals surface area contributed by atoms with E-state index >= 15 is 0 Å². The van der Waals surface area contributed by atoms with Crippen molar-refractivity contribution in [3.63, 3.8) is 0 Å². The van der Waals surface area contributed by atoms with Gasteiger partial charge >= 0.3 is 0 Å². The second kappa shape index (κ2) is 10.1. The van der Waals surface area contributed by atoms with Gasteiger partial charge in [-0.3, -0.25) is 4.79 Å². The number of amides is 1. The minimum absolute atomic E-state index is 0. The van der Waals surface area contributed by atoms with Crippen LogP contribution in [0.4, 0.5) is 0 Å². The van der Waals surface area contributed by atoms with Gasteiger partial charge in [0, 0.05) is 30.1 Å². The van der Waals surface area contributed by atoms with Crippen molar-refractivity contribution in [3.8, 4) is 11.3 Å². The Kier molecular flexibility index (Phi) is 8.03. The first-order chi connectivity index (χ1) is 13.1.